The number of nitrogens with zero attached hydrogens (tertiary/aromatic N) is 4. The first kappa shape index (κ1) is 11.6. The fourth-order valence-electron chi connectivity index (χ4n) is 1.88. The second kappa shape index (κ2) is 5.03. The van der Waals surface area contributed by atoms with E-state index in [0.29, 0.717) is 12.4 Å². The van der Waals surface area contributed by atoms with Crippen molar-refractivity contribution in [3.05, 3.63) is 66.0 Å². The normalized spacial score (nSPS) is 12.5. The van der Waals surface area contributed by atoms with Gasteiger partial charge in [0.2, 0.25) is 0 Å². The summed E-state index contributed by atoms with van der Waals surface area (Å²) in [6.07, 6.45) is 3.60. The number of rotatable bonds is 4. The summed E-state index contributed by atoms with van der Waals surface area (Å²) in [6.45, 7) is 0.557. The maximum Gasteiger partial charge on any atom is 0.171 e. The molecule has 2 heterocycles. The second-order valence-electron chi connectivity index (χ2n) is 4.23. The Morgan fingerprint density at radius 3 is 2.79 bits per heavy atom. The van der Waals surface area contributed by atoms with Gasteiger partial charge in [-0.05, 0) is 11.6 Å². The van der Waals surface area contributed by atoms with Crippen LogP contribution in [0.15, 0.2) is 48.8 Å². The molecule has 6 heteroatoms. The molecule has 0 bridgehead atoms. The molecular weight excluding hydrogens is 240 g/mol. The minimum atomic E-state index is -0.316. The summed E-state index contributed by atoms with van der Waals surface area (Å²) in [7, 11) is 0. The van der Waals surface area contributed by atoms with E-state index in [9.17, 15) is 0 Å². The van der Waals surface area contributed by atoms with Crippen molar-refractivity contribution in [2.24, 2.45) is 5.73 Å². The molecule has 1 aromatic carbocycles. The predicted molar refractivity (Wildman–Crippen MR) is 70.2 cm³/mol. The van der Waals surface area contributed by atoms with Crippen LogP contribution in [0.25, 0.3) is 0 Å². The van der Waals surface area contributed by atoms with Gasteiger partial charge in [0.15, 0.2) is 5.82 Å². The summed E-state index contributed by atoms with van der Waals surface area (Å²) in [5.74, 6) is 1.33. The first-order valence-corrected chi connectivity index (χ1v) is 6.02. The molecule has 19 heavy (non-hydrogen) atoms. The highest BCUT2D eigenvalue weighted by Gasteiger charge is 2.14. The molecule has 0 unspecified atom stereocenters. The van der Waals surface area contributed by atoms with Crippen LogP contribution in [0.3, 0.4) is 0 Å². The van der Waals surface area contributed by atoms with Gasteiger partial charge in [-0.2, -0.15) is 10.2 Å². The molecule has 0 aliphatic rings. The molecule has 0 saturated heterocycles. The summed E-state index contributed by atoms with van der Waals surface area (Å²) in [5.41, 5.74) is 7.13. The maximum absolute atomic E-state index is 6.14. The Morgan fingerprint density at radius 2 is 2.05 bits per heavy atom. The zero-order valence-electron chi connectivity index (χ0n) is 10.3. The van der Waals surface area contributed by atoms with Crippen molar-refractivity contribution in [2.75, 3.05) is 0 Å². The first-order chi connectivity index (χ1) is 9.33. The van der Waals surface area contributed by atoms with E-state index in [-0.39, 0.29) is 6.04 Å². The molecule has 0 aliphatic carbocycles. The molecular formula is C13H14N6. The van der Waals surface area contributed by atoms with Gasteiger partial charge in [-0.1, -0.05) is 30.3 Å². The highest BCUT2D eigenvalue weighted by Crippen LogP contribution is 2.15. The van der Waals surface area contributed by atoms with E-state index < -0.39 is 0 Å². The highest BCUT2D eigenvalue weighted by atomic mass is 15.3. The fraction of sp³-hybridized carbons (Fsp3) is 0.154. The van der Waals surface area contributed by atoms with E-state index in [1.807, 2.05) is 42.6 Å². The lowest BCUT2D eigenvalue weighted by molar-refractivity contribution is 0.656. The van der Waals surface area contributed by atoms with Crippen LogP contribution in [0.1, 0.15) is 23.3 Å². The van der Waals surface area contributed by atoms with Gasteiger partial charge in [-0.3, -0.25) is 9.78 Å². The van der Waals surface area contributed by atoms with E-state index in [0.717, 1.165) is 11.4 Å². The minimum absolute atomic E-state index is 0.316. The third kappa shape index (κ3) is 2.53. The smallest absolute Gasteiger partial charge is 0.171 e. The highest BCUT2D eigenvalue weighted by molar-refractivity contribution is 5.23. The van der Waals surface area contributed by atoms with Crippen molar-refractivity contribution in [1.82, 2.24) is 25.0 Å². The van der Waals surface area contributed by atoms with Crippen molar-refractivity contribution >= 4 is 0 Å². The van der Waals surface area contributed by atoms with E-state index >= 15 is 0 Å². The lowest BCUT2D eigenvalue weighted by Gasteiger charge is -2.06. The van der Waals surface area contributed by atoms with Crippen LogP contribution in [-0.2, 0) is 6.54 Å². The Balaban J connectivity index is 1.78. The average Bonchev–Trinajstić information content (AvgIpc) is 3.11. The number of nitrogens with two attached hydrogens (primary N) is 1. The Bertz CT molecular complexity index is 628. The average molecular weight is 254 g/mol. The molecule has 0 amide bonds. The first-order valence-electron chi connectivity index (χ1n) is 6.02. The maximum atomic E-state index is 6.14. The van der Waals surface area contributed by atoms with Crippen molar-refractivity contribution in [3.63, 3.8) is 0 Å². The zero-order chi connectivity index (χ0) is 13.1. The SMILES string of the molecule is N[C@H](c1ccccc1)c1n[nH]c(Cn2cccn2)n1. The topological polar surface area (TPSA) is 85.4 Å². The number of hydrogen-bond donors (Lipinski definition) is 2. The van der Waals surface area contributed by atoms with E-state index in [1.165, 1.54) is 0 Å². The number of benzene rings is 1. The molecule has 0 spiro atoms. The molecule has 0 radical (unpaired) electrons. The van der Waals surface area contributed by atoms with Crippen LogP contribution in [-0.4, -0.2) is 25.0 Å². The van der Waals surface area contributed by atoms with Gasteiger partial charge >= 0.3 is 0 Å². The third-order valence-electron chi connectivity index (χ3n) is 2.86. The molecule has 6 nitrogen and oxygen atoms in total. The van der Waals surface area contributed by atoms with Gasteiger partial charge in [-0.25, -0.2) is 4.98 Å². The molecule has 2 aromatic heterocycles. The molecule has 3 aromatic rings. The minimum Gasteiger partial charge on any atom is -0.318 e. The molecule has 0 aliphatic heterocycles. The van der Waals surface area contributed by atoms with Gasteiger partial charge in [0.1, 0.15) is 12.4 Å². The van der Waals surface area contributed by atoms with Gasteiger partial charge in [-0.15, -0.1) is 0 Å². The summed E-state index contributed by atoms with van der Waals surface area (Å²) >= 11 is 0. The van der Waals surface area contributed by atoms with Crippen LogP contribution in [0.2, 0.25) is 0 Å². The van der Waals surface area contributed by atoms with Gasteiger partial charge in [0, 0.05) is 12.4 Å². The molecule has 1 atom stereocenters. The molecule has 0 fully saturated rings. The third-order valence-corrected chi connectivity index (χ3v) is 2.86. The Morgan fingerprint density at radius 1 is 1.21 bits per heavy atom. The van der Waals surface area contributed by atoms with Gasteiger partial charge in [0.25, 0.3) is 0 Å². The van der Waals surface area contributed by atoms with Gasteiger partial charge in [0.05, 0.1) is 6.04 Å². The van der Waals surface area contributed by atoms with Crippen LogP contribution >= 0.6 is 0 Å². The largest absolute Gasteiger partial charge is 0.318 e. The Labute approximate surface area is 110 Å². The predicted octanol–water partition coefficient (Wildman–Crippen LogP) is 1.10. The molecule has 3 N–H and O–H groups in total. The summed E-state index contributed by atoms with van der Waals surface area (Å²) < 4.78 is 1.78. The summed E-state index contributed by atoms with van der Waals surface area (Å²) in [6, 6.07) is 11.3. The number of aromatic nitrogens is 5. The number of aromatic amines is 1. The van der Waals surface area contributed by atoms with E-state index in [4.69, 9.17) is 5.73 Å². The van der Waals surface area contributed by atoms with Crippen molar-refractivity contribution in [2.45, 2.75) is 12.6 Å². The Hall–Kier alpha value is -2.47. The van der Waals surface area contributed by atoms with Crippen molar-refractivity contribution in [1.29, 1.82) is 0 Å². The van der Waals surface area contributed by atoms with Gasteiger partial charge < -0.3 is 5.73 Å². The lowest BCUT2D eigenvalue weighted by Crippen LogP contribution is -2.13. The quantitative estimate of drug-likeness (QED) is 0.730. The molecule has 3 rings (SSSR count). The fourth-order valence-corrected chi connectivity index (χ4v) is 1.88. The molecule has 96 valence electrons. The number of H-pyrrole nitrogens is 1. The van der Waals surface area contributed by atoms with Crippen LogP contribution in [0.5, 0.6) is 0 Å². The Kier molecular flexibility index (Phi) is 3.07. The van der Waals surface area contributed by atoms with Crippen molar-refractivity contribution < 1.29 is 0 Å². The van der Waals surface area contributed by atoms with Crippen LogP contribution < -0.4 is 5.73 Å². The van der Waals surface area contributed by atoms with Crippen LogP contribution in [0, 0.1) is 0 Å². The monoisotopic (exact) mass is 254 g/mol. The van der Waals surface area contributed by atoms with Crippen molar-refractivity contribution in [3.8, 4) is 0 Å². The van der Waals surface area contributed by atoms with Crippen LogP contribution in [0.4, 0.5) is 0 Å². The number of nitrogens with one attached hydrogen (secondary N) is 1. The lowest BCUT2D eigenvalue weighted by atomic mass is 10.1. The van der Waals surface area contributed by atoms with E-state index in [2.05, 4.69) is 20.3 Å². The summed E-state index contributed by atoms with van der Waals surface area (Å²) in [4.78, 5) is 4.41. The second-order valence-corrected chi connectivity index (χ2v) is 4.23. The van der Waals surface area contributed by atoms with E-state index in [1.54, 1.807) is 10.9 Å². The molecule has 0 saturated carbocycles. The number of hydrogen-bond acceptors (Lipinski definition) is 4. The standard InChI is InChI=1S/C13H14N6/c14-12(10-5-2-1-3-6-10)13-16-11(17-18-13)9-19-8-4-7-15-19/h1-8,12H,9,14H2,(H,16,17,18)/t12-/m1/s1. The summed E-state index contributed by atoms with van der Waals surface area (Å²) in [5, 5.41) is 11.2. The zero-order valence-corrected chi connectivity index (χ0v) is 10.3.